The molecule has 9 heteroatoms. The molecule has 0 aromatic heterocycles. The smallest absolute Gasteiger partial charge is 1.00 e. The van der Waals surface area contributed by atoms with Crippen molar-refractivity contribution in [3.05, 3.63) is 129 Å². The molecule has 1 saturated heterocycles. The Morgan fingerprint density at radius 3 is 1.14 bits per heavy atom. The summed E-state index contributed by atoms with van der Waals surface area (Å²) in [5.74, 6) is 1.03. The van der Waals surface area contributed by atoms with Crippen LogP contribution < -0.4 is 24.8 Å². The third-order valence-corrected chi connectivity index (χ3v) is 26.0. The van der Waals surface area contributed by atoms with Gasteiger partial charge in [0.15, 0.2) is 0 Å². The van der Waals surface area contributed by atoms with Gasteiger partial charge in [-0.3, -0.25) is 0 Å². The molecule has 5 aliphatic carbocycles. The maximum Gasteiger partial charge on any atom is -1.00 e. The van der Waals surface area contributed by atoms with E-state index in [9.17, 15) is 26.3 Å². The first-order valence-corrected chi connectivity index (χ1v) is 25.2. The van der Waals surface area contributed by atoms with Crippen LogP contribution in [0.4, 0.5) is 26.3 Å². The van der Waals surface area contributed by atoms with Crippen LogP contribution in [-0.2, 0) is 28.9 Å². The fourth-order valence-electron chi connectivity index (χ4n) is 13.0. The third kappa shape index (κ3) is 7.32. The number of rotatable bonds is 6. The SMILES string of the molecule is FC(F)(F)c1ccc(-c2cccc3c2C=C(C2CCCCC2)[CH]3[Ti+2]2([CH]3C(C4CCCCC4)=Cc4c(-c5ccc(C(F)(F)F)cc5)cccc43)[CH]3CCCC[CH]32)cc1.[Cl-].[Cl-]. The first-order valence-electron chi connectivity index (χ1n) is 21.6. The summed E-state index contributed by atoms with van der Waals surface area (Å²) in [6, 6.07) is 24.9. The molecule has 0 spiro atoms. The maximum atomic E-state index is 13.7. The van der Waals surface area contributed by atoms with E-state index < -0.39 is 40.1 Å². The van der Waals surface area contributed by atoms with Crippen molar-refractivity contribution in [2.75, 3.05) is 0 Å². The van der Waals surface area contributed by atoms with Gasteiger partial charge in [-0.2, -0.15) is 0 Å². The number of hydrogen-bond acceptors (Lipinski definition) is 0. The van der Waals surface area contributed by atoms with E-state index in [1.165, 1.54) is 136 Å². The quantitative estimate of drug-likeness (QED) is 0.134. The maximum absolute atomic E-state index is 13.7. The van der Waals surface area contributed by atoms with Gasteiger partial charge in [-0.25, -0.2) is 0 Å². The molecule has 4 aromatic rings. The first kappa shape index (κ1) is 42.9. The average Bonchev–Trinajstić information content (AvgIpc) is 3.48. The molecule has 1 heterocycles. The summed E-state index contributed by atoms with van der Waals surface area (Å²) >= 11 is -3.13. The van der Waals surface area contributed by atoms with Crippen LogP contribution >= 0.6 is 0 Å². The van der Waals surface area contributed by atoms with Crippen molar-refractivity contribution >= 4 is 12.2 Å². The summed E-state index contributed by atoms with van der Waals surface area (Å²) in [4.78, 5) is 0. The monoisotopic (exact) mass is 882 g/mol. The Morgan fingerprint density at radius 1 is 0.424 bits per heavy atom. The topological polar surface area (TPSA) is 0 Å². The van der Waals surface area contributed by atoms with Gasteiger partial charge in [0.2, 0.25) is 0 Å². The van der Waals surface area contributed by atoms with Crippen molar-refractivity contribution in [1.29, 1.82) is 0 Å². The summed E-state index contributed by atoms with van der Waals surface area (Å²) in [6.45, 7) is 0. The van der Waals surface area contributed by atoms with Gasteiger partial charge in [0.25, 0.3) is 0 Å². The van der Waals surface area contributed by atoms with Crippen molar-refractivity contribution in [3.8, 4) is 22.3 Å². The minimum absolute atomic E-state index is 0. The molecule has 3 saturated carbocycles. The molecule has 59 heavy (non-hydrogen) atoms. The molecule has 4 unspecified atom stereocenters. The Balaban J connectivity index is 0.00000242. The van der Waals surface area contributed by atoms with Gasteiger partial charge in [0.1, 0.15) is 0 Å². The average molecular weight is 884 g/mol. The number of hydrogen-bond donors (Lipinski definition) is 0. The summed E-state index contributed by atoms with van der Waals surface area (Å²) < 4.78 is 84.4. The molecule has 310 valence electrons. The fourth-order valence-corrected chi connectivity index (χ4v) is 27.2. The first-order chi connectivity index (χ1) is 27.5. The van der Waals surface area contributed by atoms with Crippen molar-refractivity contribution in [2.45, 2.75) is 119 Å². The molecule has 0 bridgehead atoms. The van der Waals surface area contributed by atoms with Gasteiger partial charge < -0.3 is 24.8 Å². The van der Waals surface area contributed by atoms with Gasteiger partial charge in [-0.05, 0) is 0 Å². The minimum atomic E-state index is -4.38. The molecule has 4 fully saturated rings. The van der Waals surface area contributed by atoms with E-state index in [1.54, 1.807) is 35.4 Å². The Morgan fingerprint density at radius 2 is 0.780 bits per heavy atom. The van der Waals surface area contributed by atoms with Gasteiger partial charge in [0.05, 0.1) is 0 Å². The number of alkyl halides is 6. The molecule has 6 aliphatic rings. The van der Waals surface area contributed by atoms with E-state index in [-0.39, 0.29) is 24.8 Å². The van der Waals surface area contributed by atoms with E-state index in [4.69, 9.17) is 0 Å². The Bertz CT molecular complexity index is 2070. The second-order valence-electron chi connectivity index (χ2n) is 18.1. The number of halogens is 8. The molecule has 0 nitrogen and oxygen atoms in total. The van der Waals surface area contributed by atoms with Crippen LogP contribution in [0.2, 0.25) is 8.45 Å². The normalized spacial score (nSPS) is 25.7. The van der Waals surface area contributed by atoms with Crippen molar-refractivity contribution in [1.82, 2.24) is 0 Å². The zero-order chi connectivity index (χ0) is 39.1. The van der Waals surface area contributed by atoms with Gasteiger partial charge in [-0.1, -0.05) is 0 Å². The predicted molar refractivity (Wildman–Crippen MR) is 214 cm³/mol. The Hall–Kier alpha value is -2.77. The van der Waals surface area contributed by atoms with Crippen LogP contribution in [0.25, 0.3) is 34.4 Å². The van der Waals surface area contributed by atoms with Crippen molar-refractivity contribution in [3.63, 3.8) is 0 Å². The second-order valence-corrected chi connectivity index (χ2v) is 25.3. The second kappa shape index (κ2) is 16.5. The van der Waals surface area contributed by atoms with Crippen LogP contribution in [0.15, 0.2) is 96.1 Å². The van der Waals surface area contributed by atoms with Crippen LogP contribution in [-0.4, -0.2) is 0 Å². The fraction of sp³-hybridized carbons (Fsp3) is 0.440. The van der Waals surface area contributed by atoms with Gasteiger partial charge in [-0.15, -0.1) is 0 Å². The molecule has 4 atom stereocenters. The van der Waals surface area contributed by atoms with E-state index in [2.05, 4.69) is 48.6 Å². The summed E-state index contributed by atoms with van der Waals surface area (Å²) in [7, 11) is 0. The zero-order valence-corrected chi connectivity index (χ0v) is 36.2. The minimum Gasteiger partial charge on any atom is -1.00 e. The number of allylic oxidation sites excluding steroid dienone is 2. The summed E-state index contributed by atoms with van der Waals surface area (Å²) in [6.07, 6.45) is 13.7. The zero-order valence-electron chi connectivity index (χ0n) is 33.1. The predicted octanol–water partition coefficient (Wildman–Crippen LogP) is 10.1. The van der Waals surface area contributed by atoms with E-state index in [1.807, 2.05) is 0 Å². The molecule has 4 aromatic carbocycles. The molecule has 1 aliphatic heterocycles. The van der Waals surface area contributed by atoms with Crippen LogP contribution in [0.3, 0.4) is 0 Å². The molecule has 10 rings (SSSR count). The number of benzene rings is 4. The summed E-state index contributed by atoms with van der Waals surface area (Å²) in [5, 5.41) is 0. The summed E-state index contributed by atoms with van der Waals surface area (Å²) in [5.41, 5.74) is 11.1. The third-order valence-electron chi connectivity index (χ3n) is 15.3. The van der Waals surface area contributed by atoms with Crippen molar-refractivity contribution < 1.29 is 67.7 Å². The standard InChI is InChI=1S/2C22H20F3.C6H10.2ClH.Ti/c2*23-22(24,25)19-11-9-16(10-12-19)20-8-4-7-17-13-18(14-21(17)20)15-5-2-1-3-6-15;1-2-4-6-5-3-1;;;/h2*4,7-15H,1-3,5-6H2;1-2H,3-6H2;2*1H;/q;;;;;+2/p-2. The largest absolute Gasteiger partial charge is 1.00 e. The molecule has 0 amide bonds. The molecular formula is C50H50Cl2F6Ti. The van der Waals surface area contributed by atoms with Crippen LogP contribution in [0, 0.1) is 11.8 Å². The van der Waals surface area contributed by atoms with Gasteiger partial charge in [0, 0.05) is 0 Å². The molecular weight excluding hydrogens is 833 g/mol. The van der Waals surface area contributed by atoms with Crippen LogP contribution in [0.5, 0.6) is 0 Å². The van der Waals surface area contributed by atoms with E-state index in [0.29, 0.717) is 20.3 Å². The van der Waals surface area contributed by atoms with Crippen LogP contribution in [0.1, 0.15) is 132 Å². The van der Waals surface area contributed by atoms with Gasteiger partial charge >= 0.3 is 338 Å². The Kier molecular flexibility index (Phi) is 12.0. The van der Waals surface area contributed by atoms with Crippen molar-refractivity contribution in [2.24, 2.45) is 11.8 Å². The molecule has 0 N–H and O–H groups in total. The van der Waals surface area contributed by atoms with E-state index >= 15 is 0 Å². The van der Waals surface area contributed by atoms with E-state index in [0.717, 1.165) is 30.7 Å². The Labute approximate surface area is 360 Å². The number of fused-ring (bicyclic) bond motifs is 3. The molecule has 0 radical (unpaired) electrons.